The molecule has 1 aromatic heterocycles. The van der Waals surface area contributed by atoms with Gasteiger partial charge in [0.1, 0.15) is 5.01 Å². The van der Waals surface area contributed by atoms with E-state index >= 15 is 0 Å². The van der Waals surface area contributed by atoms with Crippen molar-refractivity contribution < 1.29 is 18.7 Å². The molecule has 3 N–H and O–H groups in total. The number of hydrogen-bond donors (Lipinski definition) is 3. The molecule has 0 saturated heterocycles. The van der Waals surface area contributed by atoms with Crippen LogP contribution < -0.4 is 10.6 Å². The zero-order chi connectivity index (χ0) is 19.1. The second-order valence-corrected chi connectivity index (χ2v) is 7.03. The maximum atomic E-state index is 13.7. The molecule has 0 saturated carbocycles. The molecule has 26 heavy (non-hydrogen) atoms. The van der Waals surface area contributed by atoms with Gasteiger partial charge in [-0.05, 0) is 25.3 Å². The number of carbonyl (C=O) groups excluding carboxylic acids is 1. The summed E-state index contributed by atoms with van der Waals surface area (Å²) >= 11 is 6.31. The molecule has 0 unspecified atom stereocenters. The molecule has 1 amide bonds. The fraction of sp³-hybridized carbons (Fsp3) is 0.375. The van der Waals surface area contributed by atoms with Gasteiger partial charge in [0, 0.05) is 19.0 Å². The van der Waals surface area contributed by atoms with E-state index in [0.29, 0.717) is 5.13 Å². The van der Waals surface area contributed by atoms with Crippen molar-refractivity contribution in [3.8, 4) is 5.75 Å². The molecule has 6 nitrogen and oxygen atoms in total. The Bertz CT molecular complexity index is 799. The van der Waals surface area contributed by atoms with Gasteiger partial charge in [-0.3, -0.25) is 4.79 Å². The van der Waals surface area contributed by atoms with Gasteiger partial charge in [0.05, 0.1) is 11.4 Å². The topological polar surface area (TPSA) is 87.1 Å². The van der Waals surface area contributed by atoms with E-state index in [2.05, 4.69) is 20.8 Å². The molecule has 0 bridgehead atoms. The van der Waals surface area contributed by atoms with Gasteiger partial charge in [-0.15, -0.1) is 10.2 Å². The summed E-state index contributed by atoms with van der Waals surface area (Å²) < 4.78 is 26.7. The highest BCUT2D eigenvalue weighted by molar-refractivity contribution is 7.80. The van der Waals surface area contributed by atoms with E-state index in [0.717, 1.165) is 47.8 Å². The minimum Gasteiger partial charge on any atom is -0.503 e. The number of halogens is 2. The van der Waals surface area contributed by atoms with Crippen LogP contribution in [0.1, 0.15) is 29.8 Å². The highest BCUT2D eigenvalue weighted by Crippen LogP contribution is 2.24. The fourth-order valence-electron chi connectivity index (χ4n) is 2.15. The third-order valence-electron chi connectivity index (χ3n) is 3.53. The van der Waals surface area contributed by atoms with Gasteiger partial charge < -0.3 is 15.7 Å². The van der Waals surface area contributed by atoms with Crippen molar-refractivity contribution in [3.05, 3.63) is 34.3 Å². The van der Waals surface area contributed by atoms with Crippen molar-refractivity contribution in [2.24, 2.45) is 0 Å². The minimum atomic E-state index is -1.14. The number of phenolic OH excluding ortho intramolecular Hbond substituents is 1. The standard InChI is InChI=1S/C16H18F2N4O2S2/c1-19-12(25)4-2-3-5-13-21-22-16(26-13)20-11(23)8-9-6-7-10(17)15(24)14(9)18/h6-7,24H,2-5,8H2,1H3,(H,19,25)(H,20,22,23). The highest BCUT2D eigenvalue weighted by Gasteiger charge is 2.16. The summed E-state index contributed by atoms with van der Waals surface area (Å²) in [6.45, 7) is 0. The molecule has 0 atom stereocenters. The van der Waals surface area contributed by atoms with Crippen molar-refractivity contribution >= 4 is 39.6 Å². The Balaban J connectivity index is 1.84. The highest BCUT2D eigenvalue weighted by atomic mass is 32.1. The summed E-state index contributed by atoms with van der Waals surface area (Å²) in [5, 5.41) is 23.6. The molecule has 1 aromatic carbocycles. The number of anilines is 1. The first-order valence-electron chi connectivity index (χ1n) is 7.89. The first-order chi connectivity index (χ1) is 12.4. The smallest absolute Gasteiger partial charge is 0.230 e. The van der Waals surface area contributed by atoms with E-state index < -0.39 is 23.3 Å². The molecular formula is C16H18F2N4O2S2. The average molecular weight is 400 g/mol. The third-order valence-corrected chi connectivity index (χ3v) is 4.84. The molecule has 0 aliphatic carbocycles. The predicted octanol–water partition coefficient (Wildman–Crippen LogP) is 2.96. The van der Waals surface area contributed by atoms with E-state index in [-0.39, 0.29) is 12.0 Å². The Morgan fingerprint density at radius 1 is 1.31 bits per heavy atom. The Hall–Kier alpha value is -2.20. The van der Waals surface area contributed by atoms with Crippen LogP contribution in [0.2, 0.25) is 0 Å². The Morgan fingerprint density at radius 3 is 2.81 bits per heavy atom. The maximum absolute atomic E-state index is 13.7. The van der Waals surface area contributed by atoms with E-state index in [1.54, 1.807) is 7.05 Å². The number of rotatable bonds is 8. The molecule has 0 spiro atoms. The zero-order valence-corrected chi connectivity index (χ0v) is 15.6. The van der Waals surface area contributed by atoms with Gasteiger partial charge in [0.15, 0.2) is 17.4 Å². The zero-order valence-electron chi connectivity index (χ0n) is 14.0. The predicted molar refractivity (Wildman–Crippen MR) is 99.5 cm³/mol. The Kier molecular flexibility index (Phi) is 7.34. The molecule has 10 heteroatoms. The maximum Gasteiger partial charge on any atom is 0.230 e. The number of carbonyl (C=O) groups is 1. The average Bonchev–Trinajstić information content (AvgIpc) is 3.06. The number of phenols is 1. The van der Waals surface area contributed by atoms with Gasteiger partial charge in [0.2, 0.25) is 11.0 Å². The van der Waals surface area contributed by atoms with Gasteiger partial charge >= 0.3 is 0 Å². The van der Waals surface area contributed by atoms with Crippen molar-refractivity contribution in [3.63, 3.8) is 0 Å². The van der Waals surface area contributed by atoms with E-state index in [1.807, 2.05) is 0 Å². The number of nitrogens with one attached hydrogen (secondary N) is 2. The second kappa shape index (κ2) is 9.48. The summed E-state index contributed by atoms with van der Waals surface area (Å²) in [7, 11) is 1.79. The van der Waals surface area contributed by atoms with Crippen LogP contribution in [0.3, 0.4) is 0 Å². The number of unbranched alkanes of at least 4 members (excludes halogenated alkanes) is 1. The van der Waals surface area contributed by atoms with Crippen LogP contribution in [-0.4, -0.2) is 33.2 Å². The van der Waals surface area contributed by atoms with Crippen molar-refractivity contribution in [1.82, 2.24) is 15.5 Å². The van der Waals surface area contributed by atoms with Gasteiger partial charge in [0.25, 0.3) is 0 Å². The van der Waals surface area contributed by atoms with Gasteiger partial charge in [-0.25, -0.2) is 8.78 Å². The van der Waals surface area contributed by atoms with Crippen LogP contribution >= 0.6 is 23.6 Å². The van der Waals surface area contributed by atoms with Gasteiger partial charge in [-0.2, -0.15) is 0 Å². The molecular weight excluding hydrogens is 382 g/mol. The third kappa shape index (κ3) is 5.67. The van der Waals surface area contributed by atoms with Crippen LogP contribution in [0.15, 0.2) is 12.1 Å². The minimum absolute atomic E-state index is 0.105. The monoisotopic (exact) mass is 400 g/mol. The molecule has 2 aromatic rings. The van der Waals surface area contributed by atoms with E-state index in [1.165, 1.54) is 11.3 Å². The van der Waals surface area contributed by atoms with Crippen LogP contribution in [0.4, 0.5) is 13.9 Å². The number of aryl methyl sites for hydroxylation is 1. The largest absolute Gasteiger partial charge is 0.503 e. The first-order valence-corrected chi connectivity index (χ1v) is 9.11. The van der Waals surface area contributed by atoms with E-state index in [9.17, 15) is 18.7 Å². The quantitative estimate of drug-likeness (QED) is 0.467. The van der Waals surface area contributed by atoms with Crippen LogP contribution in [0.5, 0.6) is 5.75 Å². The lowest BCUT2D eigenvalue weighted by Crippen LogP contribution is -2.15. The van der Waals surface area contributed by atoms with Crippen molar-refractivity contribution in [2.45, 2.75) is 32.1 Å². The number of amides is 1. The SMILES string of the molecule is CNC(=S)CCCCc1nnc(NC(=O)Cc2ccc(F)c(O)c2F)s1. The fourth-order valence-corrected chi connectivity index (χ4v) is 3.09. The Labute approximate surface area is 158 Å². The van der Waals surface area contributed by atoms with E-state index in [4.69, 9.17) is 12.2 Å². The summed E-state index contributed by atoms with van der Waals surface area (Å²) in [6, 6.07) is 2.02. The summed E-state index contributed by atoms with van der Waals surface area (Å²) in [5.41, 5.74) is -0.105. The second-order valence-electron chi connectivity index (χ2n) is 5.48. The lowest BCUT2D eigenvalue weighted by molar-refractivity contribution is -0.115. The molecule has 1 heterocycles. The molecule has 140 valence electrons. The number of benzene rings is 1. The van der Waals surface area contributed by atoms with Gasteiger partial charge in [-0.1, -0.05) is 29.6 Å². The lowest BCUT2D eigenvalue weighted by atomic mass is 10.1. The number of nitrogens with zero attached hydrogens (tertiary/aromatic N) is 2. The molecule has 2 rings (SSSR count). The molecule has 0 aliphatic heterocycles. The van der Waals surface area contributed by atoms with Crippen LogP contribution in [0.25, 0.3) is 0 Å². The number of aromatic hydroxyl groups is 1. The normalized spacial score (nSPS) is 10.6. The molecule has 0 fully saturated rings. The van der Waals surface area contributed by atoms with Crippen molar-refractivity contribution in [2.75, 3.05) is 12.4 Å². The molecule has 0 aliphatic rings. The molecule has 0 radical (unpaired) electrons. The van der Waals surface area contributed by atoms with Crippen LogP contribution in [-0.2, 0) is 17.6 Å². The van der Waals surface area contributed by atoms with Crippen molar-refractivity contribution in [1.29, 1.82) is 0 Å². The summed E-state index contributed by atoms with van der Waals surface area (Å²) in [5.74, 6) is -3.84. The Morgan fingerprint density at radius 2 is 2.08 bits per heavy atom. The number of thiocarbonyl (C=S) groups is 1. The first kappa shape index (κ1) is 20.1. The van der Waals surface area contributed by atoms with Crippen LogP contribution in [0, 0.1) is 11.6 Å². The number of aromatic nitrogens is 2. The summed E-state index contributed by atoms with van der Waals surface area (Å²) in [4.78, 5) is 12.8. The summed E-state index contributed by atoms with van der Waals surface area (Å²) in [6.07, 6.45) is 3.00. The number of hydrogen-bond acceptors (Lipinski definition) is 6. The lowest BCUT2D eigenvalue weighted by Gasteiger charge is -2.05.